The van der Waals surface area contributed by atoms with Crippen LogP contribution in [0.4, 0.5) is 0 Å². The van der Waals surface area contributed by atoms with Crippen molar-refractivity contribution in [1.82, 2.24) is 5.43 Å². The van der Waals surface area contributed by atoms with Gasteiger partial charge in [0.05, 0.1) is 12.1 Å². The molecule has 1 rings (SSSR count). The Balaban J connectivity index is 2.90. The number of benzene rings is 1. The van der Waals surface area contributed by atoms with Crippen LogP contribution in [-0.4, -0.2) is 12.7 Å². The lowest BCUT2D eigenvalue weighted by Gasteiger charge is -2.26. The van der Waals surface area contributed by atoms with Crippen molar-refractivity contribution >= 4 is 0 Å². The number of rotatable bonds is 8. The molecule has 3 N–H and O–H groups in total. The molecular weight excluding hydrogens is 236 g/mol. The second-order valence-electron chi connectivity index (χ2n) is 5.39. The minimum atomic E-state index is 0.0528. The van der Waals surface area contributed by atoms with E-state index < -0.39 is 0 Å². The number of hydrogen-bond acceptors (Lipinski definition) is 3. The van der Waals surface area contributed by atoms with Crippen LogP contribution < -0.4 is 11.3 Å². The van der Waals surface area contributed by atoms with Crippen molar-refractivity contribution < 1.29 is 4.74 Å². The smallest absolute Gasteiger partial charge is 0.0779 e. The number of hydrogen-bond donors (Lipinski definition) is 2. The molecule has 1 aromatic carbocycles. The molecule has 0 aromatic heterocycles. The fourth-order valence-electron chi connectivity index (χ4n) is 2.47. The maximum absolute atomic E-state index is 5.78. The molecule has 19 heavy (non-hydrogen) atoms. The first kappa shape index (κ1) is 16.2. The Morgan fingerprint density at radius 2 is 2.00 bits per heavy atom. The standard InChI is InChI=1S/C16H28N2O/c1-5-15(19-6-2)16(18-17)14-9-7-8-13(11-14)10-12(3)4/h7-9,11-12,15-16,18H,5-6,10,17H2,1-4H3. The highest BCUT2D eigenvalue weighted by Gasteiger charge is 2.21. The molecule has 0 aliphatic rings. The van der Waals surface area contributed by atoms with Gasteiger partial charge in [-0.3, -0.25) is 11.3 Å². The first-order valence-electron chi connectivity index (χ1n) is 7.28. The Hall–Kier alpha value is -0.900. The average Bonchev–Trinajstić information content (AvgIpc) is 2.38. The van der Waals surface area contributed by atoms with Crippen LogP contribution in [0, 0.1) is 5.92 Å². The van der Waals surface area contributed by atoms with Gasteiger partial charge in [0.1, 0.15) is 0 Å². The summed E-state index contributed by atoms with van der Waals surface area (Å²) in [7, 11) is 0. The molecule has 3 nitrogen and oxygen atoms in total. The van der Waals surface area contributed by atoms with Crippen molar-refractivity contribution in [2.45, 2.75) is 52.7 Å². The maximum atomic E-state index is 5.78. The second kappa shape index (κ2) is 8.31. The Morgan fingerprint density at radius 1 is 1.26 bits per heavy atom. The average molecular weight is 264 g/mol. The lowest BCUT2D eigenvalue weighted by atomic mass is 9.95. The van der Waals surface area contributed by atoms with Crippen LogP contribution in [0.25, 0.3) is 0 Å². The van der Waals surface area contributed by atoms with Crippen LogP contribution in [-0.2, 0) is 11.2 Å². The molecule has 2 atom stereocenters. The minimum Gasteiger partial charge on any atom is -0.376 e. The molecule has 0 aliphatic carbocycles. The summed E-state index contributed by atoms with van der Waals surface area (Å²) >= 11 is 0. The lowest BCUT2D eigenvalue weighted by Crippen LogP contribution is -2.37. The van der Waals surface area contributed by atoms with E-state index in [-0.39, 0.29) is 12.1 Å². The van der Waals surface area contributed by atoms with Crippen molar-refractivity contribution in [3.63, 3.8) is 0 Å². The largest absolute Gasteiger partial charge is 0.376 e. The molecule has 0 heterocycles. The number of nitrogens with two attached hydrogens (primary N) is 1. The molecule has 0 amide bonds. The van der Waals surface area contributed by atoms with Crippen LogP contribution in [0.3, 0.4) is 0 Å². The summed E-state index contributed by atoms with van der Waals surface area (Å²) in [5.74, 6) is 6.39. The van der Waals surface area contributed by atoms with Gasteiger partial charge >= 0.3 is 0 Å². The SMILES string of the molecule is CCOC(CC)C(NN)c1cccc(CC(C)C)c1. The van der Waals surface area contributed by atoms with Crippen molar-refractivity contribution in [3.05, 3.63) is 35.4 Å². The van der Waals surface area contributed by atoms with E-state index in [0.717, 1.165) is 12.8 Å². The van der Waals surface area contributed by atoms with E-state index >= 15 is 0 Å². The predicted molar refractivity (Wildman–Crippen MR) is 80.8 cm³/mol. The Kier molecular flexibility index (Phi) is 7.06. The zero-order chi connectivity index (χ0) is 14.3. The third-order valence-corrected chi connectivity index (χ3v) is 3.29. The summed E-state index contributed by atoms with van der Waals surface area (Å²) < 4.78 is 5.78. The van der Waals surface area contributed by atoms with Gasteiger partial charge in [-0.15, -0.1) is 0 Å². The fraction of sp³-hybridized carbons (Fsp3) is 0.625. The predicted octanol–water partition coefficient (Wildman–Crippen LogP) is 3.20. The zero-order valence-corrected chi connectivity index (χ0v) is 12.6. The molecule has 0 aliphatic heterocycles. The van der Waals surface area contributed by atoms with Crippen molar-refractivity contribution in [3.8, 4) is 0 Å². The van der Waals surface area contributed by atoms with Crippen LogP contribution in [0.5, 0.6) is 0 Å². The summed E-state index contributed by atoms with van der Waals surface area (Å²) in [6, 6.07) is 8.70. The van der Waals surface area contributed by atoms with Gasteiger partial charge in [-0.1, -0.05) is 45.0 Å². The maximum Gasteiger partial charge on any atom is 0.0779 e. The second-order valence-corrected chi connectivity index (χ2v) is 5.39. The summed E-state index contributed by atoms with van der Waals surface area (Å²) in [5, 5.41) is 0. The molecule has 0 radical (unpaired) electrons. The highest BCUT2D eigenvalue weighted by Crippen LogP contribution is 2.22. The van der Waals surface area contributed by atoms with E-state index in [1.165, 1.54) is 11.1 Å². The number of ether oxygens (including phenoxy) is 1. The van der Waals surface area contributed by atoms with Crippen molar-refractivity contribution in [2.75, 3.05) is 6.61 Å². The summed E-state index contributed by atoms with van der Waals surface area (Å²) in [6.45, 7) is 9.33. The topological polar surface area (TPSA) is 47.3 Å². The normalized spacial score (nSPS) is 14.6. The lowest BCUT2D eigenvalue weighted by molar-refractivity contribution is 0.0314. The Morgan fingerprint density at radius 3 is 2.53 bits per heavy atom. The number of hydrazine groups is 1. The van der Waals surface area contributed by atoms with Crippen molar-refractivity contribution in [1.29, 1.82) is 0 Å². The molecule has 0 saturated heterocycles. The van der Waals surface area contributed by atoms with Gasteiger partial charge in [0.25, 0.3) is 0 Å². The van der Waals surface area contributed by atoms with Crippen LogP contribution >= 0.6 is 0 Å². The van der Waals surface area contributed by atoms with Crippen molar-refractivity contribution in [2.24, 2.45) is 11.8 Å². The molecule has 0 spiro atoms. The molecule has 1 aromatic rings. The first-order chi connectivity index (χ1) is 9.12. The molecule has 2 unspecified atom stereocenters. The molecule has 108 valence electrons. The minimum absolute atomic E-state index is 0.0528. The fourth-order valence-corrected chi connectivity index (χ4v) is 2.47. The van der Waals surface area contributed by atoms with Gasteiger partial charge in [0, 0.05) is 6.61 Å². The van der Waals surface area contributed by atoms with Gasteiger partial charge in [-0.2, -0.15) is 0 Å². The van der Waals surface area contributed by atoms with E-state index in [0.29, 0.717) is 12.5 Å². The van der Waals surface area contributed by atoms with E-state index in [9.17, 15) is 0 Å². The third-order valence-electron chi connectivity index (χ3n) is 3.29. The van der Waals surface area contributed by atoms with E-state index in [1.54, 1.807) is 0 Å². The molecule has 0 saturated carbocycles. The van der Waals surface area contributed by atoms with Gasteiger partial charge in [-0.25, -0.2) is 0 Å². The van der Waals surface area contributed by atoms with E-state index in [1.807, 2.05) is 6.92 Å². The monoisotopic (exact) mass is 264 g/mol. The third kappa shape index (κ3) is 4.94. The molecule has 3 heteroatoms. The van der Waals surface area contributed by atoms with Crippen LogP contribution in [0.15, 0.2) is 24.3 Å². The highest BCUT2D eigenvalue weighted by molar-refractivity contribution is 5.27. The van der Waals surface area contributed by atoms with Gasteiger partial charge in [0.2, 0.25) is 0 Å². The zero-order valence-electron chi connectivity index (χ0n) is 12.6. The molecular formula is C16H28N2O. The molecule has 0 fully saturated rings. The Labute approximate surface area is 117 Å². The van der Waals surface area contributed by atoms with Gasteiger partial charge in [-0.05, 0) is 36.8 Å². The van der Waals surface area contributed by atoms with E-state index in [2.05, 4.69) is 50.5 Å². The Bertz CT molecular complexity index is 366. The van der Waals surface area contributed by atoms with Gasteiger partial charge in [0.15, 0.2) is 0 Å². The van der Waals surface area contributed by atoms with Crippen LogP contribution in [0.1, 0.15) is 51.3 Å². The first-order valence-corrected chi connectivity index (χ1v) is 7.28. The summed E-state index contributed by atoms with van der Waals surface area (Å²) in [5.41, 5.74) is 5.48. The number of nitrogens with one attached hydrogen (secondary N) is 1. The quantitative estimate of drug-likeness (QED) is 0.560. The summed E-state index contributed by atoms with van der Waals surface area (Å²) in [4.78, 5) is 0. The summed E-state index contributed by atoms with van der Waals surface area (Å²) in [6.07, 6.45) is 2.15. The van der Waals surface area contributed by atoms with Gasteiger partial charge < -0.3 is 4.74 Å². The van der Waals surface area contributed by atoms with E-state index in [4.69, 9.17) is 10.6 Å². The highest BCUT2D eigenvalue weighted by atomic mass is 16.5. The van der Waals surface area contributed by atoms with Crippen LogP contribution in [0.2, 0.25) is 0 Å². The molecule has 0 bridgehead atoms.